The minimum Gasteiger partial charge on any atom is -0.438 e. The van der Waals surface area contributed by atoms with Crippen LogP contribution in [0.1, 0.15) is 0 Å². The Morgan fingerprint density at radius 3 is 3.00 bits per heavy atom. The summed E-state index contributed by atoms with van der Waals surface area (Å²) in [5, 5.41) is 5.50. The molecular weight excluding hydrogens is 252 g/mol. The van der Waals surface area contributed by atoms with Crippen LogP contribution in [0.2, 0.25) is 5.02 Å². The molecule has 0 saturated carbocycles. The molecule has 0 unspecified atom stereocenters. The van der Waals surface area contributed by atoms with Gasteiger partial charge in [-0.05, 0) is 18.2 Å². The van der Waals surface area contributed by atoms with Crippen LogP contribution in [-0.2, 0) is 7.05 Å². The lowest BCUT2D eigenvalue weighted by molar-refractivity contribution is 0.468. The second-order valence-corrected chi connectivity index (χ2v) is 4.18. The minimum absolute atomic E-state index is 0.468. The van der Waals surface area contributed by atoms with Crippen molar-refractivity contribution in [3.8, 4) is 11.6 Å². The predicted octanol–water partition coefficient (Wildman–Crippen LogP) is 2.81. The van der Waals surface area contributed by atoms with E-state index in [1.807, 2.05) is 19.2 Å². The molecule has 0 atom stereocenters. The zero-order chi connectivity index (χ0) is 12.5. The fourth-order valence-corrected chi connectivity index (χ4v) is 1.84. The first-order chi connectivity index (χ1) is 8.74. The van der Waals surface area contributed by atoms with Gasteiger partial charge in [0.2, 0.25) is 5.88 Å². The summed E-state index contributed by atoms with van der Waals surface area (Å²) >= 11 is 5.90. The lowest BCUT2D eigenvalue weighted by atomic mass is 10.3. The van der Waals surface area contributed by atoms with E-state index in [9.17, 15) is 0 Å². The molecule has 0 amide bonds. The molecule has 0 aliphatic rings. The Bertz CT molecular complexity index is 710. The maximum Gasteiger partial charge on any atom is 0.233 e. The van der Waals surface area contributed by atoms with Crippen LogP contribution in [0, 0.1) is 0 Å². The van der Waals surface area contributed by atoms with Crippen LogP contribution >= 0.6 is 11.6 Å². The highest BCUT2D eigenvalue weighted by Gasteiger charge is 2.09. The number of rotatable bonds is 2. The first-order valence-corrected chi connectivity index (χ1v) is 5.68. The van der Waals surface area contributed by atoms with E-state index in [4.69, 9.17) is 16.3 Å². The van der Waals surface area contributed by atoms with E-state index in [-0.39, 0.29) is 0 Å². The van der Waals surface area contributed by atoms with Crippen LogP contribution in [0.5, 0.6) is 11.6 Å². The van der Waals surface area contributed by atoms with Crippen LogP contribution in [0.4, 0.5) is 0 Å². The number of aromatic nitrogens is 4. The molecule has 0 aliphatic heterocycles. The van der Waals surface area contributed by atoms with Crippen LogP contribution in [0.25, 0.3) is 11.0 Å². The van der Waals surface area contributed by atoms with Crippen LogP contribution in [-0.4, -0.2) is 19.7 Å². The summed E-state index contributed by atoms with van der Waals surface area (Å²) in [6.45, 7) is 0. The Balaban J connectivity index is 2.05. The number of nitrogens with zero attached hydrogens (tertiary/aromatic N) is 4. The van der Waals surface area contributed by atoms with Gasteiger partial charge in [-0.3, -0.25) is 4.68 Å². The fourth-order valence-electron chi connectivity index (χ4n) is 1.66. The molecule has 0 bridgehead atoms. The maximum atomic E-state index is 5.90. The molecule has 5 nitrogen and oxygen atoms in total. The lowest BCUT2D eigenvalue weighted by Crippen LogP contribution is -1.94. The second-order valence-electron chi connectivity index (χ2n) is 3.74. The highest BCUT2D eigenvalue weighted by molar-refractivity contribution is 6.30. The molecule has 0 saturated heterocycles. The van der Waals surface area contributed by atoms with Crippen LogP contribution in [0.15, 0.2) is 36.8 Å². The molecule has 2 heterocycles. The van der Waals surface area contributed by atoms with Gasteiger partial charge in [-0.25, -0.2) is 9.97 Å². The van der Waals surface area contributed by atoms with Gasteiger partial charge >= 0.3 is 0 Å². The van der Waals surface area contributed by atoms with Gasteiger partial charge in [0.25, 0.3) is 0 Å². The SMILES string of the molecule is Cn1ncc2c(Oc3cccc(Cl)c3)ncnc21. The fraction of sp³-hybridized carbons (Fsp3) is 0.0833. The number of halogens is 1. The number of fused-ring (bicyclic) bond motifs is 1. The Hall–Kier alpha value is -2.14. The average molecular weight is 261 g/mol. The molecule has 0 fully saturated rings. The van der Waals surface area contributed by atoms with Gasteiger partial charge < -0.3 is 4.74 Å². The van der Waals surface area contributed by atoms with Gasteiger partial charge in [-0.2, -0.15) is 5.10 Å². The summed E-state index contributed by atoms with van der Waals surface area (Å²) in [6, 6.07) is 7.15. The van der Waals surface area contributed by atoms with Gasteiger partial charge in [-0.1, -0.05) is 17.7 Å². The van der Waals surface area contributed by atoms with Gasteiger partial charge in [0.05, 0.1) is 6.20 Å². The Morgan fingerprint density at radius 2 is 2.17 bits per heavy atom. The normalized spacial score (nSPS) is 10.8. The molecule has 1 aromatic carbocycles. The third-order valence-corrected chi connectivity index (χ3v) is 2.74. The monoisotopic (exact) mass is 260 g/mol. The summed E-state index contributed by atoms with van der Waals surface area (Å²) in [4.78, 5) is 8.26. The van der Waals surface area contributed by atoms with Crippen molar-refractivity contribution in [1.29, 1.82) is 0 Å². The van der Waals surface area contributed by atoms with Crippen molar-refractivity contribution in [2.75, 3.05) is 0 Å². The Labute approximate surface area is 108 Å². The van der Waals surface area contributed by atoms with E-state index in [0.29, 0.717) is 16.7 Å². The molecule has 18 heavy (non-hydrogen) atoms. The van der Waals surface area contributed by atoms with E-state index in [1.165, 1.54) is 6.33 Å². The summed E-state index contributed by atoms with van der Waals surface area (Å²) in [7, 11) is 1.82. The van der Waals surface area contributed by atoms with E-state index in [1.54, 1.807) is 23.0 Å². The van der Waals surface area contributed by atoms with E-state index >= 15 is 0 Å². The third-order valence-electron chi connectivity index (χ3n) is 2.50. The largest absolute Gasteiger partial charge is 0.438 e. The van der Waals surface area contributed by atoms with Crippen LogP contribution < -0.4 is 4.74 Å². The molecule has 3 rings (SSSR count). The average Bonchev–Trinajstić information content (AvgIpc) is 2.73. The predicted molar refractivity (Wildman–Crippen MR) is 67.8 cm³/mol. The topological polar surface area (TPSA) is 52.8 Å². The Morgan fingerprint density at radius 1 is 1.28 bits per heavy atom. The van der Waals surface area contributed by atoms with Gasteiger partial charge in [0.15, 0.2) is 5.65 Å². The number of hydrogen-bond donors (Lipinski definition) is 0. The number of ether oxygens (including phenoxy) is 1. The quantitative estimate of drug-likeness (QED) is 0.711. The van der Waals surface area contributed by atoms with E-state index < -0.39 is 0 Å². The van der Waals surface area contributed by atoms with Crippen molar-refractivity contribution < 1.29 is 4.74 Å². The van der Waals surface area contributed by atoms with Crippen molar-refractivity contribution in [1.82, 2.24) is 19.7 Å². The molecular formula is C12H9ClN4O. The molecule has 0 spiro atoms. The minimum atomic E-state index is 0.468. The lowest BCUT2D eigenvalue weighted by Gasteiger charge is -2.05. The van der Waals surface area contributed by atoms with E-state index in [2.05, 4.69) is 15.1 Å². The molecule has 0 N–H and O–H groups in total. The van der Waals surface area contributed by atoms with Crippen molar-refractivity contribution >= 4 is 22.6 Å². The van der Waals surface area contributed by atoms with Gasteiger partial charge in [0, 0.05) is 12.1 Å². The molecule has 6 heteroatoms. The highest BCUT2D eigenvalue weighted by Crippen LogP contribution is 2.27. The van der Waals surface area contributed by atoms with Crippen molar-refractivity contribution in [2.24, 2.45) is 7.05 Å². The first kappa shape index (κ1) is 11.0. The smallest absolute Gasteiger partial charge is 0.233 e. The summed E-state index contributed by atoms with van der Waals surface area (Å²) in [5.74, 6) is 1.10. The number of hydrogen-bond acceptors (Lipinski definition) is 4. The molecule has 3 aromatic rings. The molecule has 0 aliphatic carbocycles. The molecule has 2 aromatic heterocycles. The van der Waals surface area contributed by atoms with Crippen molar-refractivity contribution in [3.63, 3.8) is 0 Å². The number of aryl methyl sites for hydroxylation is 1. The summed E-state index contributed by atoms with van der Waals surface area (Å²) in [5.41, 5.74) is 0.724. The second kappa shape index (κ2) is 4.27. The zero-order valence-electron chi connectivity index (χ0n) is 9.54. The first-order valence-electron chi connectivity index (χ1n) is 5.30. The zero-order valence-corrected chi connectivity index (χ0v) is 10.3. The summed E-state index contributed by atoms with van der Waals surface area (Å²) in [6.07, 6.45) is 3.12. The van der Waals surface area contributed by atoms with Crippen molar-refractivity contribution in [2.45, 2.75) is 0 Å². The van der Waals surface area contributed by atoms with Crippen LogP contribution in [0.3, 0.4) is 0 Å². The van der Waals surface area contributed by atoms with E-state index in [0.717, 1.165) is 11.0 Å². The maximum absolute atomic E-state index is 5.90. The Kier molecular flexibility index (Phi) is 2.60. The highest BCUT2D eigenvalue weighted by atomic mass is 35.5. The molecule has 90 valence electrons. The molecule has 0 radical (unpaired) electrons. The standard InChI is InChI=1S/C12H9ClN4O/c1-17-11-10(6-16-17)12(15-7-14-11)18-9-4-2-3-8(13)5-9/h2-7H,1H3. The van der Waals surface area contributed by atoms with Gasteiger partial charge in [0.1, 0.15) is 17.5 Å². The van der Waals surface area contributed by atoms with Crippen molar-refractivity contribution in [3.05, 3.63) is 41.8 Å². The van der Waals surface area contributed by atoms with Gasteiger partial charge in [-0.15, -0.1) is 0 Å². The summed E-state index contributed by atoms with van der Waals surface area (Å²) < 4.78 is 7.37. The third kappa shape index (κ3) is 1.89. The number of benzene rings is 1.